The monoisotopic (exact) mass is 431 g/mol. The summed E-state index contributed by atoms with van der Waals surface area (Å²) in [6.07, 6.45) is 4.73. The van der Waals surface area contributed by atoms with Gasteiger partial charge in [-0.05, 0) is 42.7 Å². The van der Waals surface area contributed by atoms with E-state index in [-0.39, 0.29) is 11.9 Å². The largest absolute Gasteiger partial charge is 0.477 e. The second-order valence-electron chi connectivity index (χ2n) is 7.65. The highest BCUT2D eigenvalue weighted by Gasteiger charge is 2.32. The minimum atomic E-state index is -0.933. The van der Waals surface area contributed by atoms with Crippen molar-refractivity contribution in [1.29, 1.82) is 0 Å². The molecule has 1 saturated heterocycles. The number of carbonyl (C=O) groups excluding carboxylic acids is 1. The van der Waals surface area contributed by atoms with Gasteiger partial charge in [0, 0.05) is 17.0 Å². The maximum atomic E-state index is 12.4. The predicted octanol–water partition coefficient (Wildman–Crippen LogP) is 4.77. The molecule has 7 heteroatoms. The summed E-state index contributed by atoms with van der Waals surface area (Å²) in [5, 5.41) is 19.3. The summed E-state index contributed by atoms with van der Waals surface area (Å²) >= 11 is 1.20. The van der Waals surface area contributed by atoms with Crippen LogP contribution in [0.4, 0.5) is 5.69 Å². The molecule has 1 aliphatic rings. The number of benzene rings is 1. The predicted molar refractivity (Wildman–Crippen MR) is 117 cm³/mol. The molecule has 30 heavy (non-hydrogen) atoms. The van der Waals surface area contributed by atoms with Gasteiger partial charge in [0.1, 0.15) is 4.88 Å². The highest BCUT2D eigenvalue weighted by molar-refractivity contribution is 7.13. The summed E-state index contributed by atoms with van der Waals surface area (Å²) in [5.41, 5.74) is 1.70. The first-order valence-electron chi connectivity index (χ1n) is 10.5. The van der Waals surface area contributed by atoms with Gasteiger partial charge in [0.15, 0.2) is 0 Å². The smallest absolute Gasteiger partial charge is 0.345 e. The van der Waals surface area contributed by atoms with Gasteiger partial charge >= 0.3 is 5.97 Å². The molecule has 2 atom stereocenters. The molecular formula is C23H29NO5S. The van der Waals surface area contributed by atoms with Crippen molar-refractivity contribution in [2.24, 2.45) is 0 Å². The molecule has 3 rings (SSSR count). The first kappa shape index (κ1) is 22.5. The lowest BCUT2D eigenvalue weighted by Crippen LogP contribution is -2.36. The van der Waals surface area contributed by atoms with E-state index in [9.17, 15) is 14.7 Å². The number of carbonyl (C=O) groups is 2. The zero-order valence-electron chi connectivity index (χ0n) is 17.3. The van der Waals surface area contributed by atoms with Crippen LogP contribution < -0.4 is 4.90 Å². The summed E-state index contributed by atoms with van der Waals surface area (Å²) in [6, 6.07) is 10.9. The highest BCUT2D eigenvalue weighted by Crippen LogP contribution is 2.29. The molecule has 0 spiro atoms. The molecule has 0 bridgehead atoms. The van der Waals surface area contributed by atoms with E-state index >= 15 is 0 Å². The molecule has 162 valence electrons. The fourth-order valence-corrected chi connectivity index (χ4v) is 4.52. The fraction of sp³-hybridized carbons (Fsp3) is 0.478. The molecule has 0 radical (unpaired) electrons. The van der Waals surface area contributed by atoms with Crippen molar-refractivity contribution < 1.29 is 24.5 Å². The van der Waals surface area contributed by atoms with Crippen LogP contribution in [-0.4, -0.2) is 34.7 Å². The Balaban J connectivity index is 1.56. The molecule has 6 nitrogen and oxygen atoms in total. The number of thiophene rings is 1. The van der Waals surface area contributed by atoms with Crippen LogP contribution in [0.2, 0.25) is 0 Å². The fourth-order valence-electron chi connectivity index (χ4n) is 3.73. The van der Waals surface area contributed by atoms with Crippen LogP contribution in [-0.2, 0) is 16.1 Å². The van der Waals surface area contributed by atoms with Crippen molar-refractivity contribution in [3.05, 3.63) is 51.7 Å². The Morgan fingerprint density at radius 3 is 2.67 bits per heavy atom. The van der Waals surface area contributed by atoms with E-state index in [0.29, 0.717) is 24.5 Å². The molecule has 1 unspecified atom stereocenters. The van der Waals surface area contributed by atoms with Crippen LogP contribution in [0.25, 0.3) is 0 Å². The number of carboxylic acid groups (broad SMARTS) is 1. The van der Waals surface area contributed by atoms with Gasteiger partial charge in [-0.15, -0.1) is 11.3 Å². The molecule has 1 fully saturated rings. The van der Waals surface area contributed by atoms with E-state index in [2.05, 4.69) is 6.92 Å². The first-order valence-corrected chi connectivity index (χ1v) is 11.3. The number of hydrogen-bond donors (Lipinski definition) is 2. The number of amides is 1. The molecule has 1 aromatic heterocycles. The number of ether oxygens (including phenoxy) is 1. The lowest BCUT2D eigenvalue weighted by atomic mass is 10.0. The Labute approximate surface area is 181 Å². The highest BCUT2D eigenvalue weighted by atomic mass is 32.1. The van der Waals surface area contributed by atoms with Crippen molar-refractivity contribution in [2.45, 2.75) is 64.2 Å². The molecule has 1 aromatic carbocycles. The van der Waals surface area contributed by atoms with E-state index in [0.717, 1.165) is 48.2 Å². The Bertz CT molecular complexity index is 848. The second-order valence-corrected chi connectivity index (χ2v) is 8.81. The van der Waals surface area contributed by atoms with Crippen LogP contribution >= 0.6 is 11.3 Å². The van der Waals surface area contributed by atoms with Gasteiger partial charge in [-0.3, -0.25) is 4.79 Å². The number of anilines is 1. The van der Waals surface area contributed by atoms with Crippen LogP contribution in [0.5, 0.6) is 0 Å². The number of unbranched alkanes of at least 4 members (excludes halogenated alkanes) is 2. The van der Waals surface area contributed by atoms with Crippen molar-refractivity contribution >= 4 is 28.9 Å². The van der Waals surface area contributed by atoms with Crippen LogP contribution in [0.15, 0.2) is 36.4 Å². The second kappa shape index (κ2) is 10.7. The third-order valence-corrected chi connectivity index (χ3v) is 6.44. The van der Waals surface area contributed by atoms with Gasteiger partial charge in [-0.1, -0.05) is 38.3 Å². The molecule has 1 amide bonds. The lowest BCUT2D eigenvalue weighted by Gasteiger charge is -2.25. The summed E-state index contributed by atoms with van der Waals surface area (Å²) in [7, 11) is 0. The van der Waals surface area contributed by atoms with E-state index in [1.807, 2.05) is 24.3 Å². The minimum Gasteiger partial charge on any atom is -0.477 e. The van der Waals surface area contributed by atoms with Crippen LogP contribution in [0.3, 0.4) is 0 Å². The van der Waals surface area contributed by atoms with Crippen LogP contribution in [0.1, 0.15) is 71.7 Å². The maximum Gasteiger partial charge on any atom is 0.345 e. The normalized spacial score (nSPS) is 17.5. The van der Waals surface area contributed by atoms with Gasteiger partial charge in [-0.25, -0.2) is 4.79 Å². The molecule has 2 aromatic rings. The number of carboxylic acids is 1. The molecule has 1 aliphatic heterocycles. The summed E-state index contributed by atoms with van der Waals surface area (Å²) < 4.78 is 5.80. The van der Waals surface area contributed by atoms with Crippen molar-refractivity contribution in [2.75, 3.05) is 11.5 Å². The standard InChI is InChI=1S/C23H29NO5S/c1-2-3-4-5-20(25)16-6-8-17(9-7-16)24-18(10-13-22(24)26)14-29-15-19-11-12-21(30-19)23(27)28/h6-9,11-12,18,20,25H,2-5,10,13-15H2,1H3,(H,27,28)/t18?,20-/m0/s1. The number of hydrogen-bond acceptors (Lipinski definition) is 5. The maximum absolute atomic E-state index is 12.4. The average Bonchev–Trinajstić information content (AvgIpc) is 3.35. The van der Waals surface area contributed by atoms with E-state index < -0.39 is 12.1 Å². The summed E-state index contributed by atoms with van der Waals surface area (Å²) in [5.74, 6) is -0.859. The van der Waals surface area contributed by atoms with E-state index in [4.69, 9.17) is 9.84 Å². The van der Waals surface area contributed by atoms with Gasteiger partial charge in [0.25, 0.3) is 0 Å². The molecule has 2 N–H and O–H groups in total. The van der Waals surface area contributed by atoms with E-state index in [1.54, 1.807) is 17.0 Å². The van der Waals surface area contributed by atoms with Crippen LogP contribution in [0, 0.1) is 0 Å². The number of aliphatic hydroxyl groups excluding tert-OH is 1. The van der Waals surface area contributed by atoms with Gasteiger partial charge in [0.05, 0.1) is 25.4 Å². The Morgan fingerprint density at radius 1 is 1.23 bits per heavy atom. The van der Waals surface area contributed by atoms with Crippen molar-refractivity contribution in [3.63, 3.8) is 0 Å². The van der Waals surface area contributed by atoms with Crippen molar-refractivity contribution in [1.82, 2.24) is 0 Å². The zero-order valence-corrected chi connectivity index (χ0v) is 18.1. The van der Waals surface area contributed by atoms with E-state index in [1.165, 1.54) is 11.3 Å². The zero-order chi connectivity index (χ0) is 21.5. The first-order chi connectivity index (χ1) is 14.5. The Hall–Kier alpha value is -2.22. The Morgan fingerprint density at radius 2 is 2.00 bits per heavy atom. The third-order valence-electron chi connectivity index (χ3n) is 5.39. The van der Waals surface area contributed by atoms with Crippen molar-refractivity contribution in [3.8, 4) is 0 Å². The SMILES string of the molecule is CCCCC[C@H](O)c1ccc(N2C(=O)CCC2COCc2ccc(C(=O)O)s2)cc1. The topological polar surface area (TPSA) is 87.1 Å². The molecule has 0 saturated carbocycles. The quantitative estimate of drug-likeness (QED) is 0.500. The van der Waals surface area contributed by atoms with Gasteiger partial charge < -0.3 is 19.8 Å². The average molecular weight is 432 g/mol. The molecular weight excluding hydrogens is 402 g/mol. The molecule has 2 heterocycles. The molecule has 0 aliphatic carbocycles. The summed E-state index contributed by atoms with van der Waals surface area (Å²) in [4.78, 5) is 26.4. The van der Waals surface area contributed by atoms with Gasteiger partial charge in [0.2, 0.25) is 5.91 Å². The third kappa shape index (κ3) is 5.68. The lowest BCUT2D eigenvalue weighted by molar-refractivity contribution is -0.117. The minimum absolute atomic E-state index is 0.0447. The summed E-state index contributed by atoms with van der Waals surface area (Å²) in [6.45, 7) is 2.87. The number of aromatic carboxylic acids is 1. The van der Waals surface area contributed by atoms with Gasteiger partial charge in [-0.2, -0.15) is 0 Å². The number of aliphatic hydroxyl groups is 1. The number of rotatable bonds is 11. The number of nitrogens with zero attached hydrogens (tertiary/aromatic N) is 1. The Kier molecular flexibility index (Phi) is 8.01.